The van der Waals surface area contributed by atoms with Crippen molar-refractivity contribution in [1.29, 1.82) is 0 Å². The van der Waals surface area contributed by atoms with E-state index in [9.17, 15) is 14.0 Å². The van der Waals surface area contributed by atoms with Gasteiger partial charge < -0.3 is 5.32 Å². The maximum absolute atomic E-state index is 13.6. The highest BCUT2D eigenvalue weighted by atomic mass is 19.1. The number of carbonyl (C=O) groups is 1. The smallest absolute Gasteiger partial charge is 0.295 e. The molecule has 0 spiro atoms. The monoisotopic (exact) mass is 390 g/mol. The lowest BCUT2D eigenvalue weighted by Crippen LogP contribution is -2.23. The van der Waals surface area contributed by atoms with Gasteiger partial charge in [0, 0.05) is 24.2 Å². The van der Waals surface area contributed by atoms with Crippen molar-refractivity contribution in [3.63, 3.8) is 0 Å². The van der Waals surface area contributed by atoms with Gasteiger partial charge in [-0.3, -0.25) is 19.3 Å². The lowest BCUT2D eigenvalue weighted by atomic mass is 10.1. The number of para-hydroxylation sites is 1. The molecule has 1 amide bonds. The second-order valence-corrected chi connectivity index (χ2v) is 6.86. The molecule has 1 N–H and O–H groups in total. The van der Waals surface area contributed by atoms with Crippen LogP contribution in [0.15, 0.2) is 59.4 Å². The lowest BCUT2D eigenvalue weighted by Gasteiger charge is -2.08. The summed E-state index contributed by atoms with van der Waals surface area (Å²) in [7, 11) is 1.76. The predicted molar refractivity (Wildman–Crippen MR) is 110 cm³/mol. The van der Waals surface area contributed by atoms with Crippen LogP contribution in [-0.2, 0) is 7.05 Å². The van der Waals surface area contributed by atoms with E-state index in [0.717, 1.165) is 0 Å². The largest absolute Gasteiger partial charge is 0.316 e. The Kier molecular flexibility index (Phi) is 4.50. The summed E-state index contributed by atoms with van der Waals surface area (Å²) in [5, 5.41) is 3.27. The summed E-state index contributed by atoms with van der Waals surface area (Å²) < 4.78 is 16.8. The maximum atomic E-state index is 13.6. The third-order valence-corrected chi connectivity index (χ3v) is 4.94. The van der Waals surface area contributed by atoms with E-state index >= 15 is 0 Å². The van der Waals surface area contributed by atoms with Crippen molar-refractivity contribution in [3.05, 3.63) is 87.7 Å². The van der Waals surface area contributed by atoms with Crippen LogP contribution in [0.4, 0.5) is 10.1 Å². The molecular formula is C22H19FN4O2. The third-order valence-electron chi connectivity index (χ3n) is 4.94. The Balaban J connectivity index is 1.79. The number of anilines is 1. The number of nitrogens with zero attached hydrogens (tertiary/aromatic N) is 3. The van der Waals surface area contributed by atoms with Gasteiger partial charge in [-0.2, -0.15) is 0 Å². The Hall–Kier alpha value is -3.74. The molecule has 2 aromatic carbocycles. The molecule has 4 rings (SSSR count). The zero-order valence-corrected chi connectivity index (χ0v) is 16.2. The summed E-state index contributed by atoms with van der Waals surface area (Å²) in [6, 6.07) is 14.9. The molecule has 4 aromatic rings. The lowest BCUT2D eigenvalue weighted by molar-refractivity contribution is 0.102. The van der Waals surface area contributed by atoms with E-state index in [2.05, 4.69) is 10.3 Å². The van der Waals surface area contributed by atoms with Gasteiger partial charge in [0.2, 0.25) is 0 Å². The average Bonchev–Trinajstić information content (AvgIpc) is 2.90. The highest BCUT2D eigenvalue weighted by molar-refractivity contribution is 6.12. The van der Waals surface area contributed by atoms with Crippen LogP contribution in [-0.4, -0.2) is 20.3 Å². The summed E-state index contributed by atoms with van der Waals surface area (Å²) >= 11 is 0. The molecule has 2 heterocycles. The van der Waals surface area contributed by atoms with Gasteiger partial charge in [0.25, 0.3) is 11.5 Å². The maximum Gasteiger partial charge on any atom is 0.295 e. The third kappa shape index (κ3) is 3.20. The molecule has 0 atom stereocenters. The SMILES string of the molecule is Cc1cc(C(=O)Nc2c(C)n(C)n(-c3ccccc3)c2=O)c2ccc(F)cc2n1. The van der Waals surface area contributed by atoms with Crippen LogP contribution < -0.4 is 10.9 Å². The fourth-order valence-corrected chi connectivity index (χ4v) is 3.41. The van der Waals surface area contributed by atoms with Crippen LogP contribution in [0.25, 0.3) is 16.6 Å². The van der Waals surface area contributed by atoms with Gasteiger partial charge in [0.05, 0.1) is 22.5 Å². The van der Waals surface area contributed by atoms with Gasteiger partial charge in [-0.15, -0.1) is 0 Å². The first-order chi connectivity index (χ1) is 13.9. The summed E-state index contributed by atoms with van der Waals surface area (Å²) in [5.41, 5.74) is 2.50. The van der Waals surface area contributed by atoms with Crippen molar-refractivity contribution in [2.75, 3.05) is 5.32 Å². The highest BCUT2D eigenvalue weighted by Crippen LogP contribution is 2.21. The average molecular weight is 390 g/mol. The van der Waals surface area contributed by atoms with E-state index in [1.165, 1.54) is 22.9 Å². The molecule has 0 aliphatic carbocycles. The van der Waals surface area contributed by atoms with Crippen molar-refractivity contribution in [2.45, 2.75) is 13.8 Å². The number of aromatic nitrogens is 3. The van der Waals surface area contributed by atoms with Crippen LogP contribution in [0.1, 0.15) is 21.7 Å². The zero-order chi connectivity index (χ0) is 20.7. The summed E-state index contributed by atoms with van der Waals surface area (Å²) in [6.07, 6.45) is 0. The van der Waals surface area contributed by atoms with Crippen molar-refractivity contribution < 1.29 is 9.18 Å². The first-order valence-electron chi connectivity index (χ1n) is 9.09. The van der Waals surface area contributed by atoms with Crippen molar-refractivity contribution in [1.82, 2.24) is 14.3 Å². The number of halogens is 1. The molecule has 0 unspecified atom stereocenters. The number of hydrogen-bond acceptors (Lipinski definition) is 3. The van der Waals surface area contributed by atoms with E-state index in [4.69, 9.17) is 0 Å². The Labute approximate surface area is 166 Å². The van der Waals surface area contributed by atoms with Crippen LogP contribution >= 0.6 is 0 Å². The van der Waals surface area contributed by atoms with Gasteiger partial charge >= 0.3 is 0 Å². The van der Waals surface area contributed by atoms with Crippen LogP contribution in [0.2, 0.25) is 0 Å². The Morgan fingerprint density at radius 2 is 1.79 bits per heavy atom. The fourth-order valence-electron chi connectivity index (χ4n) is 3.41. The molecule has 7 heteroatoms. The highest BCUT2D eigenvalue weighted by Gasteiger charge is 2.20. The molecule has 0 fully saturated rings. The number of hydrogen-bond donors (Lipinski definition) is 1. The quantitative estimate of drug-likeness (QED) is 0.580. The molecular weight excluding hydrogens is 371 g/mol. The van der Waals surface area contributed by atoms with Gasteiger partial charge in [0.1, 0.15) is 11.5 Å². The first-order valence-corrected chi connectivity index (χ1v) is 9.09. The fraction of sp³-hybridized carbons (Fsp3) is 0.136. The number of aryl methyl sites for hydroxylation is 1. The van der Waals surface area contributed by atoms with Gasteiger partial charge in [-0.25, -0.2) is 9.07 Å². The molecule has 0 aliphatic rings. The summed E-state index contributed by atoms with van der Waals surface area (Å²) in [6.45, 7) is 3.50. The van der Waals surface area contributed by atoms with Crippen LogP contribution in [0.5, 0.6) is 0 Å². The minimum Gasteiger partial charge on any atom is -0.316 e. The van der Waals surface area contributed by atoms with E-state index in [1.54, 1.807) is 31.6 Å². The predicted octanol–water partition coefficient (Wildman–Crippen LogP) is 3.73. The Bertz CT molecular complexity index is 1300. The molecule has 29 heavy (non-hydrogen) atoms. The normalized spacial score (nSPS) is 11.0. The molecule has 2 aromatic heterocycles. The second kappa shape index (κ2) is 7.01. The Morgan fingerprint density at radius 3 is 2.52 bits per heavy atom. The zero-order valence-electron chi connectivity index (χ0n) is 16.2. The van der Waals surface area contributed by atoms with Gasteiger partial charge in [0.15, 0.2) is 0 Å². The van der Waals surface area contributed by atoms with E-state index in [0.29, 0.717) is 33.5 Å². The van der Waals surface area contributed by atoms with Crippen molar-refractivity contribution in [3.8, 4) is 5.69 Å². The van der Waals surface area contributed by atoms with Gasteiger partial charge in [-0.1, -0.05) is 18.2 Å². The number of amides is 1. The summed E-state index contributed by atoms with van der Waals surface area (Å²) in [4.78, 5) is 30.3. The number of nitrogens with one attached hydrogen (secondary N) is 1. The first kappa shape index (κ1) is 18.6. The molecule has 6 nitrogen and oxygen atoms in total. The molecule has 0 aliphatic heterocycles. The van der Waals surface area contributed by atoms with Crippen molar-refractivity contribution in [2.24, 2.45) is 7.05 Å². The van der Waals surface area contributed by atoms with E-state index in [1.807, 2.05) is 30.3 Å². The van der Waals surface area contributed by atoms with E-state index in [-0.39, 0.29) is 11.2 Å². The number of rotatable bonds is 3. The van der Waals surface area contributed by atoms with Crippen molar-refractivity contribution >= 4 is 22.5 Å². The van der Waals surface area contributed by atoms with Crippen LogP contribution in [0, 0.1) is 19.7 Å². The second-order valence-electron chi connectivity index (χ2n) is 6.86. The molecule has 146 valence electrons. The summed E-state index contributed by atoms with van der Waals surface area (Å²) in [5.74, 6) is -0.871. The number of pyridine rings is 1. The Morgan fingerprint density at radius 1 is 1.07 bits per heavy atom. The minimum atomic E-state index is -0.446. The van der Waals surface area contributed by atoms with E-state index < -0.39 is 11.7 Å². The minimum absolute atomic E-state index is 0.200. The standard InChI is InChI=1S/C22H19FN4O2/c1-13-11-18(17-10-9-15(23)12-19(17)24-13)21(28)25-20-14(2)26(3)27(22(20)29)16-7-5-4-6-8-16/h4-12H,1-3H3,(H,25,28). The number of fused-ring (bicyclic) bond motifs is 1. The molecule has 0 saturated heterocycles. The topological polar surface area (TPSA) is 68.9 Å². The van der Waals surface area contributed by atoms with Crippen LogP contribution in [0.3, 0.4) is 0 Å². The molecule has 0 bridgehead atoms. The number of benzene rings is 2. The number of carbonyl (C=O) groups excluding carboxylic acids is 1. The molecule has 0 radical (unpaired) electrons. The molecule has 0 saturated carbocycles. The van der Waals surface area contributed by atoms with Gasteiger partial charge in [-0.05, 0) is 44.2 Å².